The number of nitrogens with one attached hydrogen (secondary N) is 1. The van der Waals surface area contributed by atoms with Gasteiger partial charge >= 0.3 is 0 Å². The minimum absolute atomic E-state index is 0.0813. The Morgan fingerprint density at radius 2 is 2.37 bits per heavy atom. The Balaban J connectivity index is 1.93. The molecule has 2 heterocycles. The minimum Gasteiger partial charge on any atom is -0.468 e. The van der Waals surface area contributed by atoms with Gasteiger partial charge < -0.3 is 19.6 Å². The Hall–Kier alpha value is -0.880. The molecule has 0 bridgehead atoms. The van der Waals surface area contributed by atoms with E-state index in [2.05, 4.69) is 17.1 Å². The van der Waals surface area contributed by atoms with Crippen LogP contribution in [0.1, 0.15) is 18.2 Å². The average molecular weight is 268 g/mol. The maximum absolute atomic E-state index is 9.76. The summed E-state index contributed by atoms with van der Waals surface area (Å²) in [5.74, 6) is 0.945. The topological polar surface area (TPSA) is 57.9 Å². The molecule has 0 aromatic carbocycles. The van der Waals surface area contributed by atoms with E-state index in [1.807, 2.05) is 20.0 Å². The molecule has 2 N–H and O–H groups in total. The van der Waals surface area contributed by atoms with Gasteiger partial charge in [0.2, 0.25) is 0 Å². The van der Waals surface area contributed by atoms with Crippen molar-refractivity contribution in [1.82, 2.24) is 10.2 Å². The Bertz CT molecular complexity index is 407. The van der Waals surface area contributed by atoms with Crippen LogP contribution >= 0.6 is 0 Å². The summed E-state index contributed by atoms with van der Waals surface area (Å²) in [5.41, 5.74) is 0.796. The molecule has 0 saturated carbocycles. The Kier molecular flexibility index (Phi) is 4.62. The van der Waals surface area contributed by atoms with Crippen molar-refractivity contribution >= 4 is 0 Å². The van der Waals surface area contributed by atoms with Crippen LogP contribution < -0.4 is 5.32 Å². The van der Waals surface area contributed by atoms with E-state index in [1.165, 1.54) is 0 Å². The highest BCUT2D eigenvalue weighted by Crippen LogP contribution is 2.21. The predicted molar refractivity (Wildman–Crippen MR) is 73.0 cm³/mol. The average Bonchev–Trinajstić information content (AvgIpc) is 2.81. The molecular formula is C14H24N2O3. The Morgan fingerprint density at radius 1 is 1.58 bits per heavy atom. The summed E-state index contributed by atoms with van der Waals surface area (Å²) in [5, 5.41) is 13.1. The molecule has 0 aliphatic carbocycles. The third kappa shape index (κ3) is 3.00. The van der Waals surface area contributed by atoms with E-state index in [4.69, 9.17) is 9.15 Å². The van der Waals surface area contributed by atoms with Crippen LogP contribution in [0.25, 0.3) is 0 Å². The molecule has 5 heteroatoms. The van der Waals surface area contributed by atoms with Crippen LogP contribution in [0.4, 0.5) is 0 Å². The maximum Gasteiger partial charge on any atom is 0.120 e. The SMILES string of the molecule is Cc1ccoc1CNC[C@]1(CO)COC[C@@H](C)N1C. The number of rotatable bonds is 5. The smallest absolute Gasteiger partial charge is 0.120 e. The molecule has 1 aromatic rings. The van der Waals surface area contributed by atoms with E-state index in [1.54, 1.807) is 6.26 Å². The molecule has 0 radical (unpaired) electrons. The second-order valence-electron chi connectivity index (χ2n) is 5.49. The molecule has 5 nitrogen and oxygen atoms in total. The number of aryl methyl sites for hydroxylation is 1. The molecule has 19 heavy (non-hydrogen) atoms. The molecule has 0 amide bonds. The minimum atomic E-state index is -0.349. The van der Waals surface area contributed by atoms with Crippen LogP contribution in [0.3, 0.4) is 0 Å². The zero-order chi connectivity index (χ0) is 13.9. The number of nitrogens with zero attached hydrogens (tertiary/aromatic N) is 1. The second-order valence-corrected chi connectivity index (χ2v) is 5.49. The van der Waals surface area contributed by atoms with Crippen molar-refractivity contribution in [2.24, 2.45) is 0 Å². The first-order valence-electron chi connectivity index (χ1n) is 6.74. The normalized spacial score (nSPS) is 28.7. The molecule has 2 rings (SSSR count). The summed E-state index contributed by atoms with van der Waals surface area (Å²) >= 11 is 0. The molecule has 108 valence electrons. The number of aliphatic hydroxyl groups excluding tert-OH is 1. The number of likely N-dealkylation sites (N-methyl/N-ethyl adjacent to an activating group) is 1. The lowest BCUT2D eigenvalue weighted by molar-refractivity contribution is -0.106. The van der Waals surface area contributed by atoms with Gasteiger partial charge in [-0.2, -0.15) is 0 Å². The van der Waals surface area contributed by atoms with E-state index < -0.39 is 0 Å². The highest BCUT2D eigenvalue weighted by molar-refractivity contribution is 5.14. The fourth-order valence-electron chi connectivity index (χ4n) is 2.48. The lowest BCUT2D eigenvalue weighted by Gasteiger charge is -2.47. The van der Waals surface area contributed by atoms with Crippen molar-refractivity contribution in [3.8, 4) is 0 Å². The van der Waals surface area contributed by atoms with Crippen molar-refractivity contribution in [2.45, 2.75) is 32.0 Å². The van der Waals surface area contributed by atoms with Gasteiger partial charge in [-0.1, -0.05) is 0 Å². The number of hydrogen-bond acceptors (Lipinski definition) is 5. The lowest BCUT2D eigenvalue weighted by Crippen LogP contribution is -2.65. The molecule has 0 spiro atoms. The molecule has 1 aliphatic heterocycles. The monoisotopic (exact) mass is 268 g/mol. The van der Waals surface area contributed by atoms with Crippen molar-refractivity contribution in [3.63, 3.8) is 0 Å². The van der Waals surface area contributed by atoms with Crippen LogP contribution in [0.2, 0.25) is 0 Å². The van der Waals surface area contributed by atoms with Gasteiger partial charge in [-0.25, -0.2) is 0 Å². The zero-order valence-electron chi connectivity index (χ0n) is 12.0. The summed E-state index contributed by atoms with van der Waals surface area (Å²) in [6.45, 7) is 6.83. The molecule has 1 aliphatic rings. The van der Waals surface area contributed by atoms with E-state index in [0.29, 0.717) is 25.7 Å². The van der Waals surface area contributed by atoms with Gasteiger partial charge in [0.15, 0.2) is 0 Å². The first-order valence-corrected chi connectivity index (χ1v) is 6.74. The Labute approximate surface area is 114 Å². The van der Waals surface area contributed by atoms with Crippen molar-refractivity contribution in [1.29, 1.82) is 0 Å². The molecule has 1 aromatic heterocycles. The largest absolute Gasteiger partial charge is 0.468 e. The van der Waals surface area contributed by atoms with Gasteiger partial charge in [-0.3, -0.25) is 4.90 Å². The highest BCUT2D eigenvalue weighted by Gasteiger charge is 2.40. The van der Waals surface area contributed by atoms with Crippen molar-refractivity contribution in [2.75, 3.05) is 33.4 Å². The van der Waals surface area contributed by atoms with Gasteiger partial charge in [-0.05, 0) is 32.5 Å². The van der Waals surface area contributed by atoms with E-state index in [9.17, 15) is 5.11 Å². The summed E-state index contributed by atoms with van der Waals surface area (Å²) in [6, 6.07) is 2.27. The first kappa shape index (κ1) is 14.5. The Morgan fingerprint density at radius 3 is 3.00 bits per heavy atom. The molecule has 1 fully saturated rings. The molecule has 2 atom stereocenters. The van der Waals surface area contributed by atoms with E-state index in [0.717, 1.165) is 17.9 Å². The fourth-order valence-corrected chi connectivity index (χ4v) is 2.48. The summed E-state index contributed by atoms with van der Waals surface area (Å²) in [4.78, 5) is 2.21. The van der Waals surface area contributed by atoms with Crippen LogP contribution in [-0.4, -0.2) is 55.0 Å². The lowest BCUT2D eigenvalue weighted by atomic mass is 9.96. The first-order chi connectivity index (χ1) is 9.09. The van der Waals surface area contributed by atoms with Gasteiger partial charge in [-0.15, -0.1) is 0 Å². The number of hydrogen-bond donors (Lipinski definition) is 2. The maximum atomic E-state index is 9.76. The molecular weight excluding hydrogens is 244 g/mol. The van der Waals surface area contributed by atoms with Crippen LogP contribution in [-0.2, 0) is 11.3 Å². The second kappa shape index (κ2) is 6.05. The van der Waals surface area contributed by atoms with E-state index >= 15 is 0 Å². The molecule has 1 saturated heterocycles. The van der Waals surface area contributed by atoms with Crippen LogP contribution in [0, 0.1) is 6.92 Å². The van der Waals surface area contributed by atoms with E-state index in [-0.39, 0.29) is 12.1 Å². The van der Waals surface area contributed by atoms with Gasteiger partial charge in [0.25, 0.3) is 0 Å². The predicted octanol–water partition coefficient (Wildman–Crippen LogP) is 0.759. The third-order valence-corrected chi connectivity index (χ3v) is 4.14. The summed E-state index contributed by atoms with van der Waals surface area (Å²) in [7, 11) is 2.04. The number of ether oxygens (including phenoxy) is 1. The summed E-state index contributed by atoms with van der Waals surface area (Å²) < 4.78 is 11.0. The van der Waals surface area contributed by atoms with Gasteiger partial charge in [0, 0.05) is 12.6 Å². The van der Waals surface area contributed by atoms with Gasteiger partial charge in [0.1, 0.15) is 5.76 Å². The number of morpholine rings is 1. The zero-order valence-corrected chi connectivity index (χ0v) is 12.0. The standard InChI is InChI=1S/C14H24N2O3/c1-11-4-5-19-13(11)6-15-8-14(9-17)10-18-7-12(2)16(14)3/h4-5,12,15,17H,6-10H2,1-3H3/t12-,14+/m1/s1. The van der Waals surface area contributed by atoms with Crippen molar-refractivity contribution < 1.29 is 14.3 Å². The van der Waals surface area contributed by atoms with Crippen LogP contribution in [0.5, 0.6) is 0 Å². The third-order valence-electron chi connectivity index (χ3n) is 4.14. The fraction of sp³-hybridized carbons (Fsp3) is 0.714. The van der Waals surface area contributed by atoms with Crippen molar-refractivity contribution in [3.05, 3.63) is 23.7 Å². The summed E-state index contributed by atoms with van der Waals surface area (Å²) in [6.07, 6.45) is 1.70. The quantitative estimate of drug-likeness (QED) is 0.825. The van der Waals surface area contributed by atoms with Crippen LogP contribution in [0.15, 0.2) is 16.7 Å². The number of furan rings is 1. The molecule has 0 unspecified atom stereocenters. The highest BCUT2D eigenvalue weighted by atomic mass is 16.5. The van der Waals surface area contributed by atoms with Gasteiger partial charge in [0.05, 0.1) is 38.2 Å². The number of aliphatic hydroxyl groups is 1.